The average Bonchev–Trinajstić information content (AvgIpc) is 2.31. The first-order chi connectivity index (χ1) is 8.89. The van der Waals surface area contributed by atoms with Gasteiger partial charge in [0.05, 0.1) is 11.7 Å². The third-order valence-electron chi connectivity index (χ3n) is 4.00. The van der Waals surface area contributed by atoms with Crippen molar-refractivity contribution >= 4 is 0 Å². The average molecular weight is 261 g/mol. The predicted octanol–water partition coefficient (Wildman–Crippen LogP) is 3.77. The van der Waals surface area contributed by atoms with Crippen LogP contribution in [0.1, 0.15) is 50.0 Å². The van der Waals surface area contributed by atoms with Gasteiger partial charge in [0.2, 0.25) is 0 Å². The Kier molecular flexibility index (Phi) is 4.32. The number of nitrogens with one attached hydrogen (secondary N) is 1. The summed E-state index contributed by atoms with van der Waals surface area (Å²) in [5, 5.41) is 3.54. The van der Waals surface area contributed by atoms with E-state index < -0.39 is 0 Å². The SMILES string of the molecule is Cc1ccc(C2CNCC(C)(CC(C)C)O2)cc1C. The first-order valence-corrected chi connectivity index (χ1v) is 7.35. The number of rotatable bonds is 3. The van der Waals surface area contributed by atoms with Gasteiger partial charge in [0.25, 0.3) is 0 Å². The van der Waals surface area contributed by atoms with Crippen molar-refractivity contribution in [3.05, 3.63) is 34.9 Å². The highest BCUT2D eigenvalue weighted by Crippen LogP contribution is 2.32. The van der Waals surface area contributed by atoms with Crippen LogP contribution in [0.4, 0.5) is 0 Å². The molecule has 0 spiro atoms. The van der Waals surface area contributed by atoms with E-state index in [1.165, 1.54) is 16.7 Å². The lowest BCUT2D eigenvalue weighted by Crippen LogP contribution is -2.49. The van der Waals surface area contributed by atoms with Gasteiger partial charge in [-0.25, -0.2) is 0 Å². The minimum atomic E-state index is -0.0458. The molecule has 1 fully saturated rings. The first-order valence-electron chi connectivity index (χ1n) is 7.35. The van der Waals surface area contributed by atoms with Crippen molar-refractivity contribution in [2.24, 2.45) is 5.92 Å². The lowest BCUT2D eigenvalue weighted by atomic mass is 9.91. The largest absolute Gasteiger partial charge is 0.365 e. The molecule has 2 unspecified atom stereocenters. The number of benzene rings is 1. The van der Waals surface area contributed by atoms with Crippen LogP contribution < -0.4 is 5.32 Å². The monoisotopic (exact) mass is 261 g/mol. The molecule has 1 aliphatic heterocycles. The summed E-state index contributed by atoms with van der Waals surface area (Å²) in [7, 11) is 0. The van der Waals surface area contributed by atoms with E-state index in [-0.39, 0.29) is 11.7 Å². The molecule has 2 heteroatoms. The minimum absolute atomic E-state index is 0.0458. The van der Waals surface area contributed by atoms with Gasteiger partial charge in [-0.2, -0.15) is 0 Å². The van der Waals surface area contributed by atoms with Gasteiger partial charge in [0, 0.05) is 13.1 Å². The van der Waals surface area contributed by atoms with Crippen molar-refractivity contribution in [2.75, 3.05) is 13.1 Å². The van der Waals surface area contributed by atoms with Crippen LogP contribution in [0, 0.1) is 19.8 Å². The number of morpholine rings is 1. The molecule has 0 aromatic heterocycles. The molecular formula is C17H27NO. The summed E-state index contributed by atoms with van der Waals surface area (Å²) in [6, 6.07) is 6.67. The molecular weight excluding hydrogens is 234 g/mol. The Morgan fingerprint density at radius 3 is 2.68 bits per heavy atom. The third-order valence-corrected chi connectivity index (χ3v) is 4.00. The lowest BCUT2D eigenvalue weighted by Gasteiger charge is -2.40. The molecule has 0 radical (unpaired) electrons. The maximum atomic E-state index is 6.40. The predicted molar refractivity (Wildman–Crippen MR) is 80.5 cm³/mol. The maximum absolute atomic E-state index is 6.40. The summed E-state index contributed by atoms with van der Waals surface area (Å²) >= 11 is 0. The van der Waals surface area contributed by atoms with Crippen molar-refractivity contribution in [1.29, 1.82) is 0 Å². The Bertz CT molecular complexity index is 441. The fourth-order valence-corrected chi connectivity index (χ4v) is 3.03. The molecule has 0 amide bonds. The first kappa shape index (κ1) is 14.5. The minimum Gasteiger partial charge on any atom is -0.365 e. The Morgan fingerprint density at radius 2 is 2.05 bits per heavy atom. The second kappa shape index (κ2) is 5.64. The van der Waals surface area contributed by atoms with E-state index in [9.17, 15) is 0 Å². The van der Waals surface area contributed by atoms with Gasteiger partial charge >= 0.3 is 0 Å². The van der Waals surface area contributed by atoms with Crippen LogP contribution >= 0.6 is 0 Å². The van der Waals surface area contributed by atoms with Crippen molar-refractivity contribution < 1.29 is 4.74 Å². The molecule has 2 atom stereocenters. The summed E-state index contributed by atoms with van der Waals surface area (Å²) in [5.74, 6) is 0.658. The van der Waals surface area contributed by atoms with E-state index in [0.29, 0.717) is 5.92 Å². The zero-order valence-corrected chi connectivity index (χ0v) is 12.9. The molecule has 106 valence electrons. The smallest absolute Gasteiger partial charge is 0.0957 e. The highest BCUT2D eigenvalue weighted by atomic mass is 16.5. The van der Waals surface area contributed by atoms with Crippen LogP contribution in [0.5, 0.6) is 0 Å². The normalized spacial score (nSPS) is 27.8. The van der Waals surface area contributed by atoms with Crippen LogP contribution in [0.25, 0.3) is 0 Å². The zero-order valence-electron chi connectivity index (χ0n) is 12.9. The van der Waals surface area contributed by atoms with Crippen molar-refractivity contribution in [2.45, 2.75) is 52.7 Å². The fourth-order valence-electron chi connectivity index (χ4n) is 3.03. The zero-order chi connectivity index (χ0) is 14.0. The van der Waals surface area contributed by atoms with E-state index in [4.69, 9.17) is 4.74 Å². The van der Waals surface area contributed by atoms with Crippen LogP contribution in [-0.4, -0.2) is 18.7 Å². The summed E-state index contributed by atoms with van der Waals surface area (Å²) in [5.41, 5.74) is 3.94. The molecule has 1 saturated heterocycles. The fraction of sp³-hybridized carbons (Fsp3) is 0.647. The topological polar surface area (TPSA) is 21.3 Å². The van der Waals surface area contributed by atoms with Gasteiger partial charge in [-0.05, 0) is 49.8 Å². The molecule has 19 heavy (non-hydrogen) atoms. The molecule has 2 nitrogen and oxygen atoms in total. The van der Waals surface area contributed by atoms with E-state index >= 15 is 0 Å². The Labute approximate surface area is 117 Å². The number of ether oxygens (including phenoxy) is 1. The van der Waals surface area contributed by atoms with Crippen molar-refractivity contribution in [3.8, 4) is 0 Å². The van der Waals surface area contributed by atoms with E-state index in [1.807, 2.05) is 0 Å². The maximum Gasteiger partial charge on any atom is 0.0957 e. The van der Waals surface area contributed by atoms with Gasteiger partial charge in [0.1, 0.15) is 0 Å². The Balaban J connectivity index is 2.14. The van der Waals surface area contributed by atoms with Gasteiger partial charge in [-0.1, -0.05) is 32.0 Å². The quantitative estimate of drug-likeness (QED) is 0.894. The van der Waals surface area contributed by atoms with Gasteiger partial charge in [-0.3, -0.25) is 0 Å². The second-order valence-electron chi connectivity index (χ2n) is 6.63. The molecule has 0 aliphatic carbocycles. The van der Waals surface area contributed by atoms with E-state index in [1.54, 1.807) is 0 Å². The molecule has 1 aromatic rings. The number of aryl methyl sites for hydroxylation is 2. The van der Waals surface area contributed by atoms with Gasteiger partial charge in [-0.15, -0.1) is 0 Å². The highest BCUT2D eigenvalue weighted by molar-refractivity contribution is 5.31. The summed E-state index contributed by atoms with van der Waals surface area (Å²) in [4.78, 5) is 0. The molecule has 0 saturated carbocycles. The van der Waals surface area contributed by atoms with Crippen LogP contribution in [0.2, 0.25) is 0 Å². The van der Waals surface area contributed by atoms with Gasteiger partial charge < -0.3 is 10.1 Å². The van der Waals surface area contributed by atoms with Crippen LogP contribution in [0.15, 0.2) is 18.2 Å². The summed E-state index contributed by atoms with van der Waals surface area (Å²) < 4.78 is 6.40. The standard InChI is InChI=1S/C17H27NO/c1-12(2)9-17(5)11-18-10-16(19-17)15-7-6-13(3)14(4)8-15/h6-8,12,16,18H,9-11H2,1-5H3. The molecule has 0 bridgehead atoms. The molecule has 1 aromatic carbocycles. The number of hydrogen-bond acceptors (Lipinski definition) is 2. The van der Waals surface area contributed by atoms with Crippen LogP contribution in [-0.2, 0) is 4.74 Å². The van der Waals surface area contributed by atoms with Crippen molar-refractivity contribution in [1.82, 2.24) is 5.32 Å². The molecule has 1 heterocycles. The molecule has 2 rings (SSSR count). The molecule has 1 aliphatic rings. The Morgan fingerprint density at radius 1 is 1.32 bits per heavy atom. The highest BCUT2D eigenvalue weighted by Gasteiger charge is 2.34. The lowest BCUT2D eigenvalue weighted by molar-refractivity contribution is -0.117. The molecule has 1 N–H and O–H groups in total. The summed E-state index contributed by atoms with van der Waals surface area (Å²) in [6.07, 6.45) is 1.28. The third kappa shape index (κ3) is 3.58. The number of hydrogen-bond donors (Lipinski definition) is 1. The summed E-state index contributed by atoms with van der Waals surface area (Å²) in [6.45, 7) is 12.9. The second-order valence-corrected chi connectivity index (χ2v) is 6.63. The van der Waals surface area contributed by atoms with E-state index in [0.717, 1.165) is 19.5 Å². The van der Waals surface area contributed by atoms with Crippen LogP contribution in [0.3, 0.4) is 0 Å². The van der Waals surface area contributed by atoms with Crippen molar-refractivity contribution in [3.63, 3.8) is 0 Å². The Hall–Kier alpha value is -0.860. The van der Waals surface area contributed by atoms with Gasteiger partial charge in [0.15, 0.2) is 0 Å². The van der Waals surface area contributed by atoms with E-state index in [2.05, 4.69) is 58.1 Å².